The fraction of sp³-hybridized carbons (Fsp3) is 0.706. The Balaban J connectivity index is 0.00000156. The number of ether oxygens (including phenoxy) is 1. The normalized spacial score (nSPS) is 27.3. The molecule has 2 unspecified atom stereocenters. The van der Waals surface area contributed by atoms with Crippen molar-refractivity contribution in [3.05, 3.63) is 21.9 Å². The van der Waals surface area contributed by atoms with Gasteiger partial charge in [-0.3, -0.25) is 4.79 Å². The third-order valence-corrected chi connectivity index (χ3v) is 5.93. The molecule has 1 aromatic rings. The van der Waals surface area contributed by atoms with Gasteiger partial charge in [-0.2, -0.15) is 0 Å². The van der Waals surface area contributed by atoms with Crippen LogP contribution in [0.15, 0.2) is 11.4 Å². The maximum atomic E-state index is 12.3. The second kappa shape index (κ2) is 7.51. The summed E-state index contributed by atoms with van der Waals surface area (Å²) in [4.78, 5) is 13.2. The van der Waals surface area contributed by atoms with Crippen LogP contribution in [-0.4, -0.2) is 37.7 Å². The molecule has 1 saturated heterocycles. The lowest BCUT2D eigenvalue weighted by Gasteiger charge is -2.22. The van der Waals surface area contributed by atoms with E-state index in [1.165, 1.54) is 31.4 Å². The molecule has 2 saturated carbocycles. The largest absolute Gasteiger partial charge is 0.381 e. The van der Waals surface area contributed by atoms with Gasteiger partial charge in [0.05, 0.1) is 4.88 Å². The van der Waals surface area contributed by atoms with Crippen molar-refractivity contribution in [3.63, 3.8) is 0 Å². The quantitative estimate of drug-likeness (QED) is 0.824. The van der Waals surface area contributed by atoms with Gasteiger partial charge in [0, 0.05) is 31.2 Å². The molecule has 2 N–H and O–H groups in total. The van der Waals surface area contributed by atoms with Gasteiger partial charge in [0.25, 0.3) is 5.91 Å². The highest BCUT2D eigenvalue weighted by Gasteiger charge is 2.39. The lowest BCUT2D eigenvalue weighted by atomic mass is 10.1. The Morgan fingerprint density at radius 3 is 2.78 bits per heavy atom. The first-order chi connectivity index (χ1) is 10.8. The molecule has 2 heterocycles. The molecule has 1 amide bonds. The van der Waals surface area contributed by atoms with Gasteiger partial charge in [-0.1, -0.05) is 0 Å². The number of nitrogens with one attached hydrogen (secondary N) is 2. The zero-order valence-corrected chi connectivity index (χ0v) is 14.9. The Morgan fingerprint density at radius 1 is 1.26 bits per heavy atom. The van der Waals surface area contributed by atoms with Gasteiger partial charge in [0.15, 0.2) is 0 Å². The van der Waals surface area contributed by atoms with Crippen molar-refractivity contribution in [1.29, 1.82) is 0 Å². The molecule has 0 radical (unpaired) electrons. The number of thiophene rings is 1. The van der Waals surface area contributed by atoms with E-state index in [1.807, 2.05) is 0 Å². The highest BCUT2D eigenvalue weighted by Crippen LogP contribution is 2.43. The van der Waals surface area contributed by atoms with Gasteiger partial charge < -0.3 is 15.4 Å². The zero-order chi connectivity index (χ0) is 14.9. The van der Waals surface area contributed by atoms with Crippen molar-refractivity contribution < 1.29 is 9.53 Å². The number of amides is 1. The second-order valence-electron chi connectivity index (χ2n) is 6.90. The molecule has 1 aromatic heterocycles. The second-order valence-corrected chi connectivity index (χ2v) is 7.82. The first kappa shape index (κ1) is 17.2. The van der Waals surface area contributed by atoms with E-state index in [0.29, 0.717) is 12.0 Å². The molecule has 128 valence electrons. The average Bonchev–Trinajstić information content (AvgIpc) is 3.45. The molecule has 2 aliphatic carbocycles. The molecular formula is C17H25ClN2O2S. The minimum atomic E-state index is 0. The summed E-state index contributed by atoms with van der Waals surface area (Å²) in [5, 5.41) is 8.97. The minimum Gasteiger partial charge on any atom is -0.381 e. The lowest BCUT2D eigenvalue weighted by Crippen LogP contribution is -2.38. The van der Waals surface area contributed by atoms with Crippen LogP contribution >= 0.6 is 23.7 Å². The van der Waals surface area contributed by atoms with Gasteiger partial charge in [-0.25, -0.2) is 0 Å². The van der Waals surface area contributed by atoms with Gasteiger partial charge >= 0.3 is 0 Å². The minimum absolute atomic E-state index is 0. The third kappa shape index (κ3) is 4.47. The maximum Gasteiger partial charge on any atom is 0.261 e. The summed E-state index contributed by atoms with van der Waals surface area (Å²) in [7, 11) is 0. The maximum absolute atomic E-state index is 12.3. The average molecular weight is 357 g/mol. The summed E-state index contributed by atoms with van der Waals surface area (Å²) in [5.41, 5.74) is 1.34. The van der Waals surface area contributed by atoms with Crippen LogP contribution < -0.4 is 10.6 Å². The van der Waals surface area contributed by atoms with Crippen LogP contribution in [0.2, 0.25) is 0 Å². The number of hydrogen-bond donors (Lipinski definition) is 2. The molecule has 0 aromatic carbocycles. The molecule has 0 bridgehead atoms. The van der Waals surface area contributed by atoms with Crippen LogP contribution in [0.1, 0.15) is 53.3 Å². The predicted octanol–water partition coefficient (Wildman–Crippen LogP) is 2.93. The molecule has 3 aliphatic rings. The Kier molecular flexibility index (Phi) is 5.62. The van der Waals surface area contributed by atoms with E-state index in [0.717, 1.165) is 36.9 Å². The van der Waals surface area contributed by atoms with Crippen molar-refractivity contribution in [1.82, 2.24) is 10.6 Å². The molecule has 4 rings (SSSR count). The standard InChI is InChI=1S/C17H24N2O2S.ClH/c20-17(19-13-3-5-21-6-4-13)16-7-12(10-22-16)14-8-15(14)18-9-11-1-2-11;/h7,10-11,13-15,18H,1-6,8-9H2,(H,19,20);1H. The van der Waals surface area contributed by atoms with Gasteiger partial charge in [-0.05, 0) is 61.6 Å². The van der Waals surface area contributed by atoms with E-state index in [4.69, 9.17) is 4.74 Å². The van der Waals surface area contributed by atoms with Crippen molar-refractivity contribution in [2.24, 2.45) is 5.92 Å². The van der Waals surface area contributed by atoms with Gasteiger partial charge in [-0.15, -0.1) is 23.7 Å². The van der Waals surface area contributed by atoms with E-state index in [2.05, 4.69) is 22.1 Å². The molecule has 1 aliphatic heterocycles. The number of halogens is 1. The molecule has 23 heavy (non-hydrogen) atoms. The Hall–Kier alpha value is -0.620. The highest BCUT2D eigenvalue weighted by molar-refractivity contribution is 7.12. The fourth-order valence-corrected chi connectivity index (χ4v) is 4.07. The van der Waals surface area contributed by atoms with Gasteiger partial charge in [0.2, 0.25) is 0 Å². The van der Waals surface area contributed by atoms with Crippen LogP contribution in [0.3, 0.4) is 0 Å². The summed E-state index contributed by atoms with van der Waals surface area (Å²) in [6, 6.07) is 3.02. The monoisotopic (exact) mass is 356 g/mol. The van der Waals surface area contributed by atoms with E-state index in [1.54, 1.807) is 11.3 Å². The zero-order valence-electron chi connectivity index (χ0n) is 13.3. The lowest BCUT2D eigenvalue weighted by molar-refractivity contribution is 0.0698. The molecule has 2 atom stereocenters. The number of carbonyl (C=O) groups excluding carboxylic acids is 1. The van der Waals surface area contributed by atoms with Crippen molar-refractivity contribution >= 4 is 29.7 Å². The number of carbonyl (C=O) groups is 1. The summed E-state index contributed by atoms with van der Waals surface area (Å²) in [6.45, 7) is 2.70. The van der Waals surface area contributed by atoms with Crippen LogP contribution in [0.4, 0.5) is 0 Å². The van der Waals surface area contributed by atoms with Crippen LogP contribution in [0.5, 0.6) is 0 Å². The number of hydrogen-bond acceptors (Lipinski definition) is 4. The first-order valence-corrected chi connectivity index (χ1v) is 9.38. The van der Waals surface area contributed by atoms with E-state index in [9.17, 15) is 4.79 Å². The predicted molar refractivity (Wildman–Crippen MR) is 94.7 cm³/mol. The molecular weight excluding hydrogens is 332 g/mol. The highest BCUT2D eigenvalue weighted by atomic mass is 35.5. The van der Waals surface area contributed by atoms with E-state index >= 15 is 0 Å². The van der Waals surface area contributed by atoms with Crippen molar-refractivity contribution in [3.8, 4) is 0 Å². The van der Waals surface area contributed by atoms with Crippen LogP contribution in [0.25, 0.3) is 0 Å². The first-order valence-electron chi connectivity index (χ1n) is 8.50. The number of rotatable bonds is 6. The van der Waals surface area contributed by atoms with Crippen molar-refractivity contribution in [2.75, 3.05) is 19.8 Å². The van der Waals surface area contributed by atoms with Crippen molar-refractivity contribution in [2.45, 2.75) is 50.1 Å². The fourth-order valence-electron chi connectivity index (χ4n) is 3.19. The third-order valence-electron chi connectivity index (χ3n) is 4.98. The van der Waals surface area contributed by atoms with E-state index < -0.39 is 0 Å². The Labute approximate surface area is 147 Å². The molecule has 3 fully saturated rings. The molecule has 4 nitrogen and oxygen atoms in total. The van der Waals surface area contributed by atoms with Crippen LogP contribution in [0, 0.1) is 5.92 Å². The summed E-state index contributed by atoms with van der Waals surface area (Å²) < 4.78 is 5.33. The summed E-state index contributed by atoms with van der Waals surface area (Å²) in [6.07, 6.45) is 5.89. The molecule has 0 spiro atoms. The van der Waals surface area contributed by atoms with E-state index in [-0.39, 0.29) is 24.4 Å². The Bertz CT molecular complexity index is 540. The SMILES string of the molecule is Cl.O=C(NC1CCOCC1)c1cc(C2CC2NCC2CC2)cs1. The Morgan fingerprint density at radius 2 is 2.04 bits per heavy atom. The smallest absolute Gasteiger partial charge is 0.261 e. The van der Waals surface area contributed by atoms with Crippen LogP contribution in [-0.2, 0) is 4.74 Å². The topological polar surface area (TPSA) is 50.4 Å². The summed E-state index contributed by atoms with van der Waals surface area (Å²) in [5.74, 6) is 1.65. The molecule has 6 heteroatoms. The summed E-state index contributed by atoms with van der Waals surface area (Å²) >= 11 is 1.58. The van der Waals surface area contributed by atoms with Gasteiger partial charge in [0.1, 0.15) is 0 Å².